The Balaban J connectivity index is 4.36. The van der Waals surface area contributed by atoms with Crippen LogP contribution < -0.4 is 0 Å². The van der Waals surface area contributed by atoms with Crippen LogP contribution in [0.2, 0.25) is 0 Å². The highest BCUT2D eigenvalue weighted by Crippen LogP contribution is 2.40. The molecule has 2 heteroatoms. The van der Waals surface area contributed by atoms with Crippen molar-refractivity contribution in [1.29, 1.82) is 0 Å². The third-order valence-electron chi connectivity index (χ3n) is 4.22. The van der Waals surface area contributed by atoms with Crippen molar-refractivity contribution in [2.24, 2.45) is 22.4 Å². The zero-order valence-corrected chi connectivity index (χ0v) is 11.2. The summed E-state index contributed by atoms with van der Waals surface area (Å²) in [7, 11) is 0. The van der Waals surface area contributed by atoms with Gasteiger partial charge in [-0.1, -0.05) is 46.2 Å². The molecule has 0 aromatic heterocycles. The Kier molecular flexibility index (Phi) is 6.07. The van der Waals surface area contributed by atoms with Gasteiger partial charge in [0, 0.05) is 0 Å². The molecule has 0 radical (unpaired) electrons. The van der Waals surface area contributed by atoms with Gasteiger partial charge in [-0.05, 0) is 37.0 Å². The molecular weight excluding hydrogens is 186 g/mol. The van der Waals surface area contributed by atoms with Gasteiger partial charge in [0.15, 0.2) is 0 Å². The fraction of sp³-hybridized carbons (Fsp3) is 1.00. The first-order valence-electron chi connectivity index (χ1n) is 6.19. The number of nitroso groups, excluding NO2 is 1. The van der Waals surface area contributed by atoms with Gasteiger partial charge in [0.1, 0.15) is 0 Å². The molecule has 0 rings (SSSR count). The largest absolute Gasteiger partial charge is 0.151 e. The lowest BCUT2D eigenvalue weighted by molar-refractivity contribution is 0.126. The Morgan fingerprint density at radius 1 is 1.20 bits per heavy atom. The van der Waals surface area contributed by atoms with Crippen molar-refractivity contribution in [3.63, 3.8) is 0 Å². The lowest BCUT2D eigenvalue weighted by atomic mass is 9.68. The van der Waals surface area contributed by atoms with Crippen LogP contribution in [0.4, 0.5) is 0 Å². The van der Waals surface area contributed by atoms with Crippen molar-refractivity contribution >= 4 is 0 Å². The minimum Gasteiger partial charge on any atom is -0.151 e. The lowest BCUT2D eigenvalue weighted by Gasteiger charge is -2.38. The zero-order valence-electron chi connectivity index (χ0n) is 11.2. The van der Waals surface area contributed by atoms with Crippen LogP contribution in [0.5, 0.6) is 0 Å². The highest BCUT2D eigenvalue weighted by molar-refractivity contribution is 4.82. The molecule has 15 heavy (non-hydrogen) atoms. The smallest absolute Gasteiger partial charge is 0.0891 e. The topological polar surface area (TPSA) is 29.4 Å². The van der Waals surface area contributed by atoms with Gasteiger partial charge in [-0.25, -0.2) is 0 Å². The first-order valence-corrected chi connectivity index (χ1v) is 6.19. The number of nitrogens with zero attached hydrogens (tertiary/aromatic N) is 1. The lowest BCUT2D eigenvalue weighted by Crippen LogP contribution is -2.29. The average Bonchev–Trinajstić information content (AvgIpc) is 2.23. The van der Waals surface area contributed by atoms with Crippen LogP contribution in [0, 0.1) is 22.2 Å². The van der Waals surface area contributed by atoms with E-state index in [0.29, 0.717) is 17.3 Å². The predicted molar refractivity (Wildman–Crippen MR) is 66.9 cm³/mol. The number of hydrogen-bond donors (Lipinski definition) is 0. The quantitative estimate of drug-likeness (QED) is 0.567. The first-order chi connectivity index (χ1) is 6.87. The molecule has 0 aliphatic heterocycles. The van der Waals surface area contributed by atoms with E-state index in [1.54, 1.807) is 0 Å². The minimum atomic E-state index is -0.0322. The summed E-state index contributed by atoms with van der Waals surface area (Å²) in [6.45, 7) is 13.4. The minimum absolute atomic E-state index is 0.0322. The molecule has 0 aromatic carbocycles. The third kappa shape index (κ3) is 4.31. The molecule has 0 aliphatic carbocycles. The Bertz CT molecular complexity index is 191. The molecule has 0 aromatic rings. The first kappa shape index (κ1) is 14.6. The van der Waals surface area contributed by atoms with E-state index < -0.39 is 0 Å². The van der Waals surface area contributed by atoms with Gasteiger partial charge in [-0.15, -0.1) is 0 Å². The van der Waals surface area contributed by atoms with E-state index in [4.69, 9.17) is 0 Å². The van der Waals surface area contributed by atoms with E-state index in [1.165, 1.54) is 6.42 Å². The van der Waals surface area contributed by atoms with Gasteiger partial charge >= 0.3 is 0 Å². The number of hydrogen-bond acceptors (Lipinski definition) is 2. The number of rotatable bonds is 7. The molecule has 0 heterocycles. The Morgan fingerprint density at radius 3 is 2.07 bits per heavy atom. The Hall–Kier alpha value is -0.400. The molecule has 0 N–H and O–H groups in total. The summed E-state index contributed by atoms with van der Waals surface area (Å²) in [6.07, 6.45) is 3.21. The van der Waals surface area contributed by atoms with Crippen molar-refractivity contribution in [3.05, 3.63) is 4.91 Å². The summed E-state index contributed by atoms with van der Waals surface area (Å²) in [4.78, 5) is 10.4. The van der Waals surface area contributed by atoms with E-state index in [9.17, 15) is 4.91 Å². The molecule has 0 saturated carbocycles. The van der Waals surface area contributed by atoms with Gasteiger partial charge in [-0.3, -0.25) is 0 Å². The van der Waals surface area contributed by atoms with Gasteiger partial charge in [0.25, 0.3) is 0 Å². The van der Waals surface area contributed by atoms with Crippen molar-refractivity contribution in [2.45, 2.75) is 66.8 Å². The van der Waals surface area contributed by atoms with E-state index in [-0.39, 0.29) is 6.04 Å². The molecule has 90 valence electrons. The van der Waals surface area contributed by atoms with E-state index in [0.717, 1.165) is 12.8 Å². The Morgan fingerprint density at radius 2 is 1.73 bits per heavy atom. The second-order valence-electron chi connectivity index (χ2n) is 5.53. The second kappa shape index (κ2) is 6.24. The van der Waals surface area contributed by atoms with E-state index in [2.05, 4.69) is 39.8 Å². The van der Waals surface area contributed by atoms with E-state index >= 15 is 0 Å². The molecule has 3 atom stereocenters. The van der Waals surface area contributed by atoms with Crippen molar-refractivity contribution < 1.29 is 0 Å². The molecule has 3 unspecified atom stereocenters. The maximum absolute atomic E-state index is 10.4. The summed E-state index contributed by atoms with van der Waals surface area (Å²) in [5.74, 6) is 1.40. The molecule has 0 saturated heterocycles. The summed E-state index contributed by atoms with van der Waals surface area (Å²) < 4.78 is 0. The highest BCUT2D eigenvalue weighted by atomic mass is 16.3. The van der Waals surface area contributed by atoms with Gasteiger partial charge in [0.2, 0.25) is 0 Å². The SMILES string of the molecule is CCC(C)(CCC(C)N=O)C(C)C(C)C. The maximum Gasteiger partial charge on any atom is 0.0891 e. The molecular formula is C13H27NO. The Labute approximate surface area is 94.8 Å². The van der Waals surface area contributed by atoms with Crippen LogP contribution in [0.15, 0.2) is 5.18 Å². The predicted octanol–water partition coefficient (Wildman–Crippen LogP) is 4.63. The monoisotopic (exact) mass is 213 g/mol. The highest BCUT2D eigenvalue weighted by Gasteiger charge is 2.31. The molecule has 0 spiro atoms. The maximum atomic E-state index is 10.4. The normalized spacial score (nSPS) is 19.7. The molecule has 0 aliphatic rings. The third-order valence-corrected chi connectivity index (χ3v) is 4.22. The summed E-state index contributed by atoms with van der Waals surface area (Å²) in [5.41, 5.74) is 0.354. The fourth-order valence-electron chi connectivity index (χ4n) is 2.12. The molecule has 0 amide bonds. The standard InChI is InChI=1S/C13H27NO/c1-7-13(6,12(5)10(2)3)9-8-11(4)14-15/h10-12H,7-9H2,1-6H3. The van der Waals surface area contributed by atoms with Crippen LogP contribution in [-0.2, 0) is 0 Å². The van der Waals surface area contributed by atoms with Crippen molar-refractivity contribution in [2.75, 3.05) is 0 Å². The van der Waals surface area contributed by atoms with Crippen LogP contribution in [-0.4, -0.2) is 6.04 Å². The van der Waals surface area contributed by atoms with Crippen LogP contribution in [0.1, 0.15) is 60.8 Å². The van der Waals surface area contributed by atoms with Crippen molar-refractivity contribution in [1.82, 2.24) is 0 Å². The molecule has 0 fully saturated rings. The van der Waals surface area contributed by atoms with Crippen LogP contribution in [0.3, 0.4) is 0 Å². The van der Waals surface area contributed by atoms with E-state index in [1.807, 2.05) is 6.92 Å². The van der Waals surface area contributed by atoms with Crippen molar-refractivity contribution in [3.8, 4) is 0 Å². The van der Waals surface area contributed by atoms with Crippen LogP contribution >= 0.6 is 0 Å². The molecule has 0 bridgehead atoms. The zero-order chi connectivity index (χ0) is 12.1. The molecule has 2 nitrogen and oxygen atoms in total. The second-order valence-corrected chi connectivity index (χ2v) is 5.53. The average molecular weight is 213 g/mol. The van der Waals surface area contributed by atoms with Gasteiger partial charge in [-0.2, -0.15) is 4.91 Å². The van der Waals surface area contributed by atoms with Crippen LogP contribution in [0.25, 0.3) is 0 Å². The summed E-state index contributed by atoms with van der Waals surface area (Å²) >= 11 is 0. The summed E-state index contributed by atoms with van der Waals surface area (Å²) in [5, 5.41) is 3.08. The summed E-state index contributed by atoms with van der Waals surface area (Å²) in [6, 6.07) is -0.0322. The fourth-order valence-corrected chi connectivity index (χ4v) is 2.12. The van der Waals surface area contributed by atoms with Gasteiger partial charge in [0.05, 0.1) is 6.04 Å². The van der Waals surface area contributed by atoms with Gasteiger partial charge < -0.3 is 0 Å².